The van der Waals surface area contributed by atoms with Crippen LogP contribution in [0.1, 0.15) is 30.1 Å². The van der Waals surface area contributed by atoms with E-state index in [0.717, 1.165) is 95.7 Å². The van der Waals surface area contributed by atoms with E-state index in [4.69, 9.17) is 18.8 Å². The molecule has 0 amide bonds. The van der Waals surface area contributed by atoms with Crippen LogP contribution >= 0.6 is 0 Å². The zero-order valence-corrected chi connectivity index (χ0v) is 30.8. The molecular formula is C51H34N4O2. The minimum Gasteiger partial charge on any atom is -0.456 e. The fraction of sp³-hybridized carbons (Fsp3) is 0.0588. The Bertz CT molecular complexity index is 3390. The highest BCUT2D eigenvalue weighted by atomic mass is 16.3. The Labute approximate surface area is 327 Å². The number of rotatable bonds is 5. The number of aliphatic imine (C=N–C) groups is 2. The normalized spacial score (nSPS) is 15.5. The van der Waals surface area contributed by atoms with Gasteiger partial charge in [0.2, 0.25) is 0 Å². The largest absolute Gasteiger partial charge is 0.456 e. The van der Waals surface area contributed by atoms with Crippen molar-refractivity contribution in [3.8, 4) is 16.8 Å². The average Bonchev–Trinajstić information content (AvgIpc) is 3.96. The molecule has 1 N–H and O–H groups in total. The fourth-order valence-corrected chi connectivity index (χ4v) is 8.89. The SMILES string of the molecule is C1=c2c(oc3c(-c4ccc5c(c4)oc4cc(-n6c7ccccc7c7ccccc76)ccc45)cccc23)=C(C2=NC(c3ccccc3)NC(c3ccccc3)=N2)CC1. The van der Waals surface area contributed by atoms with Gasteiger partial charge in [-0.3, -0.25) is 0 Å². The Morgan fingerprint density at radius 2 is 1.26 bits per heavy atom. The molecule has 12 rings (SSSR count). The van der Waals surface area contributed by atoms with Crippen molar-refractivity contribution in [2.24, 2.45) is 9.98 Å². The molecule has 0 bridgehead atoms. The Balaban J connectivity index is 0.987. The van der Waals surface area contributed by atoms with Gasteiger partial charge in [-0.1, -0.05) is 127 Å². The second kappa shape index (κ2) is 12.5. The number of aromatic nitrogens is 1. The van der Waals surface area contributed by atoms with E-state index in [2.05, 4.69) is 155 Å². The molecule has 57 heavy (non-hydrogen) atoms. The van der Waals surface area contributed by atoms with E-state index in [9.17, 15) is 0 Å². The molecule has 270 valence electrons. The summed E-state index contributed by atoms with van der Waals surface area (Å²) in [5.41, 5.74) is 12.0. The zero-order valence-electron chi connectivity index (χ0n) is 30.8. The third-order valence-corrected chi connectivity index (χ3v) is 11.6. The van der Waals surface area contributed by atoms with Gasteiger partial charge in [0.15, 0.2) is 5.84 Å². The van der Waals surface area contributed by atoms with E-state index in [1.807, 2.05) is 24.3 Å². The van der Waals surface area contributed by atoms with Crippen LogP contribution in [0.15, 0.2) is 183 Å². The molecule has 4 heterocycles. The van der Waals surface area contributed by atoms with Gasteiger partial charge in [-0.2, -0.15) is 0 Å². The van der Waals surface area contributed by atoms with Gasteiger partial charge in [0.05, 0.1) is 11.0 Å². The van der Waals surface area contributed by atoms with Crippen LogP contribution in [0.4, 0.5) is 0 Å². The number of hydrogen-bond donors (Lipinski definition) is 1. The molecule has 7 aromatic carbocycles. The lowest BCUT2D eigenvalue weighted by molar-refractivity contribution is 0.570. The molecule has 6 heteroatoms. The quantitative estimate of drug-likeness (QED) is 0.191. The van der Waals surface area contributed by atoms with Gasteiger partial charge in [-0.25, -0.2) is 9.98 Å². The molecule has 10 aromatic rings. The summed E-state index contributed by atoms with van der Waals surface area (Å²) in [7, 11) is 0. The second-order valence-electron chi connectivity index (χ2n) is 14.8. The Morgan fingerprint density at radius 1 is 0.579 bits per heavy atom. The summed E-state index contributed by atoms with van der Waals surface area (Å²) in [5.74, 6) is 1.51. The van der Waals surface area contributed by atoms with Gasteiger partial charge in [0, 0.05) is 60.6 Å². The lowest BCUT2D eigenvalue weighted by Crippen LogP contribution is -2.36. The number of benzene rings is 7. The molecule has 0 fully saturated rings. The van der Waals surface area contributed by atoms with Gasteiger partial charge in [0.1, 0.15) is 34.2 Å². The Kier molecular flexibility index (Phi) is 7.01. The number of furan rings is 2. The highest BCUT2D eigenvalue weighted by molar-refractivity contribution is 6.24. The molecule has 0 saturated heterocycles. The highest BCUT2D eigenvalue weighted by Gasteiger charge is 2.25. The van der Waals surface area contributed by atoms with Crippen molar-refractivity contribution in [1.29, 1.82) is 0 Å². The van der Waals surface area contributed by atoms with E-state index in [1.54, 1.807) is 0 Å². The summed E-state index contributed by atoms with van der Waals surface area (Å²) in [6.45, 7) is 0. The van der Waals surface area contributed by atoms with Crippen molar-refractivity contribution in [3.63, 3.8) is 0 Å². The van der Waals surface area contributed by atoms with Crippen LogP contribution in [0.5, 0.6) is 0 Å². The third kappa shape index (κ3) is 5.04. The summed E-state index contributed by atoms with van der Waals surface area (Å²) in [4.78, 5) is 10.3. The standard InChI is InChI=1S/C51H34N4O2/c1-3-13-31(14-4-1)49-52-50(32-15-5-2-6-16-32)54-51(53-49)42-22-12-21-41-40-20-11-19-35(47(40)57-48(41)42)33-25-27-38-39-28-26-34(30-46(39)56-45(38)29-33)55-43-23-9-7-17-36(43)37-18-8-10-24-44(37)55/h1-11,13-21,23-30,49H,12,22H2,(H,52,53,54). The monoisotopic (exact) mass is 734 g/mol. The van der Waals surface area contributed by atoms with Crippen LogP contribution in [-0.4, -0.2) is 16.2 Å². The van der Waals surface area contributed by atoms with Gasteiger partial charge >= 0.3 is 0 Å². The molecule has 0 saturated carbocycles. The topological polar surface area (TPSA) is 68.0 Å². The van der Waals surface area contributed by atoms with Crippen LogP contribution < -0.4 is 16.0 Å². The van der Waals surface area contributed by atoms with Crippen molar-refractivity contribution < 1.29 is 8.83 Å². The van der Waals surface area contributed by atoms with Crippen molar-refractivity contribution in [2.45, 2.75) is 19.0 Å². The van der Waals surface area contributed by atoms with Crippen molar-refractivity contribution >= 4 is 78.0 Å². The van der Waals surface area contributed by atoms with Crippen molar-refractivity contribution in [2.75, 3.05) is 0 Å². The zero-order chi connectivity index (χ0) is 37.5. The van der Waals surface area contributed by atoms with Gasteiger partial charge in [-0.15, -0.1) is 0 Å². The molecule has 6 nitrogen and oxygen atoms in total. The minimum atomic E-state index is -0.274. The average molecular weight is 735 g/mol. The number of nitrogens with one attached hydrogen (secondary N) is 1. The maximum Gasteiger partial charge on any atom is 0.159 e. The van der Waals surface area contributed by atoms with Crippen molar-refractivity contribution in [3.05, 3.63) is 186 Å². The lowest BCUT2D eigenvalue weighted by atomic mass is 9.99. The van der Waals surface area contributed by atoms with E-state index in [1.165, 1.54) is 21.8 Å². The first-order chi connectivity index (χ1) is 28.2. The first kappa shape index (κ1) is 31.9. The number of amidine groups is 2. The molecular weight excluding hydrogens is 701 g/mol. The predicted octanol–water partition coefficient (Wildman–Crippen LogP) is 11.0. The highest BCUT2D eigenvalue weighted by Crippen LogP contribution is 2.38. The summed E-state index contributed by atoms with van der Waals surface area (Å²) >= 11 is 0. The van der Waals surface area contributed by atoms with E-state index < -0.39 is 0 Å². The van der Waals surface area contributed by atoms with Crippen LogP contribution in [-0.2, 0) is 0 Å². The molecule has 1 atom stereocenters. The van der Waals surface area contributed by atoms with Crippen LogP contribution in [0.2, 0.25) is 0 Å². The van der Waals surface area contributed by atoms with Crippen molar-refractivity contribution in [1.82, 2.24) is 9.88 Å². The molecule has 0 radical (unpaired) electrons. The maximum absolute atomic E-state index is 6.95. The number of fused-ring (bicyclic) bond motifs is 9. The molecule has 1 aliphatic heterocycles. The fourth-order valence-electron chi connectivity index (χ4n) is 8.89. The van der Waals surface area contributed by atoms with Crippen LogP contribution in [0.25, 0.3) is 83.2 Å². The number of para-hydroxylation sites is 3. The molecule has 2 aliphatic rings. The molecule has 0 spiro atoms. The number of nitrogens with zero attached hydrogens (tertiary/aromatic N) is 3. The van der Waals surface area contributed by atoms with Crippen LogP contribution in [0, 0.1) is 0 Å². The maximum atomic E-state index is 6.95. The van der Waals surface area contributed by atoms with Gasteiger partial charge in [-0.05, 0) is 60.4 Å². The van der Waals surface area contributed by atoms with Crippen LogP contribution in [0.3, 0.4) is 0 Å². The molecule has 3 aromatic heterocycles. The third-order valence-electron chi connectivity index (χ3n) is 11.6. The number of hydrogen-bond acceptors (Lipinski definition) is 5. The summed E-state index contributed by atoms with van der Waals surface area (Å²) in [5, 5.41) is 10.4. The summed E-state index contributed by atoms with van der Waals surface area (Å²) in [6, 6.07) is 57.3. The predicted molar refractivity (Wildman–Crippen MR) is 232 cm³/mol. The lowest BCUT2D eigenvalue weighted by Gasteiger charge is -2.24. The summed E-state index contributed by atoms with van der Waals surface area (Å²) in [6.07, 6.45) is 3.69. The smallest absolute Gasteiger partial charge is 0.159 e. The van der Waals surface area contributed by atoms with E-state index in [0.29, 0.717) is 5.84 Å². The second-order valence-corrected chi connectivity index (χ2v) is 14.8. The Hall–Kier alpha value is -7.44. The first-order valence-corrected chi connectivity index (χ1v) is 19.5. The molecule has 1 aliphatic carbocycles. The van der Waals surface area contributed by atoms with Gasteiger partial charge in [0.25, 0.3) is 0 Å². The summed E-state index contributed by atoms with van der Waals surface area (Å²) < 4.78 is 15.9. The van der Waals surface area contributed by atoms with E-state index >= 15 is 0 Å². The Morgan fingerprint density at radius 3 is 2.05 bits per heavy atom. The molecule has 1 unspecified atom stereocenters. The minimum absolute atomic E-state index is 0.274. The van der Waals surface area contributed by atoms with Gasteiger partial charge < -0.3 is 18.7 Å². The first-order valence-electron chi connectivity index (χ1n) is 19.5. The van der Waals surface area contributed by atoms with E-state index in [-0.39, 0.29) is 6.17 Å².